The van der Waals surface area contributed by atoms with Gasteiger partial charge in [0.05, 0.1) is 7.11 Å². The highest BCUT2D eigenvalue weighted by Gasteiger charge is 2.25. The molecular formula is C22H40O2. The van der Waals surface area contributed by atoms with Crippen LogP contribution in [-0.4, -0.2) is 13.1 Å². The lowest BCUT2D eigenvalue weighted by atomic mass is 9.72. The first kappa shape index (κ1) is 21.3. The first-order valence-electron chi connectivity index (χ1n) is 10.2. The molecule has 0 aromatic heterocycles. The molecule has 0 aromatic carbocycles. The molecule has 1 unspecified atom stereocenters. The summed E-state index contributed by atoms with van der Waals surface area (Å²) in [6, 6.07) is 0. The summed E-state index contributed by atoms with van der Waals surface area (Å²) in [5, 5.41) is 0. The highest BCUT2D eigenvalue weighted by atomic mass is 16.5. The van der Waals surface area contributed by atoms with Gasteiger partial charge in [-0.15, -0.1) is 0 Å². The molecule has 2 heteroatoms. The van der Waals surface area contributed by atoms with Crippen LogP contribution < -0.4 is 0 Å². The molecule has 0 fully saturated rings. The van der Waals surface area contributed by atoms with E-state index in [4.69, 9.17) is 0 Å². The van der Waals surface area contributed by atoms with Gasteiger partial charge in [-0.1, -0.05) is 70.9 Å². The van der Waals surface area contributed by atoms with E-state index in [9.17, 15) is 4.79 Å². The van der Waals surface area contributed by atoms with Gasteiger partial charge in [-0.25, -0.2) is 0 Å². The van der Waals surface area contributed by atoms with E-state index in [1.54, 1.807) is 5.57 Å². The number of hydrogen-bond donors (Lipinski definition) is 0. The third kappa shape index (κ3) is 9.49. The first-order valence-corrected chi connectivity index (χ1v) is 10.2. The van der Waals surface area contributed by atoms with Gasteiger partial charge in [-0.2, -0.15) is 0 Å². The Hall–Kier alpha value is -0.790. The number of methoxy groups -OCH3 is 1. The van der Waals surface area contributed by atoms with Crippen molar-refractivity contribution in [1.29, 1.82) is 0 Å². The summed E-state index contributed by atoms with van der Waals surface area (Å²) in [6.07, 6.45) is 18.7. The molecular weight excluding hydrogens is 296 g/mol. The predicted molar refractivity (Wildman–Crippen MR) is 103 cm³/mol. The van der Waals surface area contributed by atoms with E-state index in [-0.39, 0.29) is 5.97 Å². The zero-order valence-corrected chi connectivity index (χ0v) is 16.7. The lowest BCUT2D eigenvalue weighted by Crippen LogP contribution is -2.22. The van der Waals surface area contributed by atoms with Crippen LogP contribution in [0.4, 0.5) is 0 Å². The number of esters is 1. The summed E-state index contributed by atoms with van der Waals surface area (Å²) < 4.78 is 4.65. The number of ether oxygens (including phenoxy) is 1. The smallest absolute Gasteiger partial charge is 0.305 e. The van der Waals surface area contributed by atoms with Crippen LogP contribution in [0.3, 0.4) is 0 Å². The van der Waals surface area contributed by atoms with Crippen molar-refractivity contribution in [3.63, 3.8) is 0 Å². The Bertz CT molecular complexity index is 376. The minimum Gasteiger partial charge on any atom is -0.469 e. The van der Waals surface area contributed by atoms with Crippen molar-refractivity contribution >= 4 is 5.97 Å². The zero-order chi connectivity index (χ0) is 17.8. The lowest BCUT2D eigenvalue weighted by molar-refractivity contribution is -0.140. The number of carbonyl (C=O) groups is 1. The van der Waals surface area contributed by atoms with Crippen molar-refractivity contribution in [1.82, 2.24) is 0 Å². The molecule has 0 heterocycles. The second-order valence-corrected chi connectivity index (χ2v) is 8.60. The Labute approximate surface area is 150 Å². The van der Waals surface area contributed by atoms with Crippen LogP contribution in [0.15, 0.2) is 11.6 Å². The monoisotopic (exact) mass is 336 g/mol. The molecule has 0 saturated carbocycles. The second kappa shape index (κ2) is 11.7. The molecule has 1 aliphatic rings. The molecule has 24 heavy (non-hydrogen) atoms. The minimum absolute atomic E-state index is 0.0687. The van der Waals surface area contributed by atoms with Gasteiger partial charge in [0, 0.05) is 6.42 Å². The summed E-state index contributed by atoms with van der Waals surface area (Å²) in [4.78, 5) is 11.0. The Morgan fingerprint density at radius 2 is 1.62 bits per heavy atom. The molecule has 0 amide bonds. The van der Waals surface area contributed by atoms with Crippen LogP contribution in [0.1, 0.15) is 104 Å². The van der Waals surface area contributed by atoms with Gasteiger partial charge in [0.2, 0.25) is 0 Å². The van der Waals surface area contributed by atoms with E-state index < -0.39 is 0 Å². The van der Waals surface area contributed by atoms with E-state index in [1.807, 2.05) is 0 Å². The SMILES string of the molecule is COC(=O)CCCCCCCCCCC1=CCC(C(C)(C)C)CC1. The predicted octanol–water partition coefficient (Wildman–Crippen LogP) is 6.83. The topological polar surface area (TPSA) is 26.3 Å². The fourth-order valence-electron chi connectivity index (χ4n) is 3.69. The molecule has 0 saturated heterocycles. The maximum Gasteiger partial charge on any atom is 0.305 e. The van der Waals surface area contributed by atoms with Crippen LogP contribution in [-0.2, 0) is 9.53 Å². The maximum atomic E-state index is 11.0. The lowest BCUT2D eigenvalue weighted by Gasteiger charge is -2.33. The highest BCUT2D eigenvalue weighted by Crippen LogP contribution is 2.38. The van der Waals surface area contributed by atoms with Crippen molar-refractivity contribution in [2.75, 3.05) is 7.11 Å². The Balaban J connectivity index is 1.92. The summed E-state index contributed by atoms with van der Waals surface area (Å²) in [5.41, 5.74) is 2.19. The molecule has 1 aliphatic carbocycles. The van der Waals surface area contributed by atoms with E-state index >= 15 is 0 Å². The van der Waals surface area contributed by atoms with Crippen molar-refractivity contribution < 1.29 is 9.53 Å². The normalized spacial score (nSPS) is 18.3. The molecule has 2 nitrogen and oxygen atoms in total. The minimum atomic E-state index is -0.0687. The van der Waals surface area contributed by atoms with Gasteiger partial charge in [0.1, 0.15) is 0 Å². The molecule has 0 spiro atoms. The third-order valence-electron chi connectivity index (χ3n) is 5.59. The van der Waals surface area contributed by atoms with E-state index in [0.29, 0.717) is 11.8 Å². The molecule has 0 bridgehead atoms. The van der Waals surface area contributed by atoms with Gasteiger partial charge in [0.25, 0.3) is 0 Å². The summed E-state index contributed by atoms with van der Waals surface area (Å²) in [7, 11) is 1.47. The van der Waals surface area contributed by atoms with Gasteiger partial charge in [-0.05, 0) is 49.9 Å². The molecule has 1 atom stereocenters. The quantitative estimate of drug-likeness (QED) is 0.235. The maximum absolute atomic E-state index is 11.0. The number of unbranched alkanes of at least 4 members (excludes halogenated alkanes) is 7. The highest BCUT2D eigenvalue weighted by molar-refractivity contribution is 5.68. The van der Waals surface area contributed by atoms with Gasteiger partial charge < -0.3 is 4.74 Å². The third-order valence-corrected chi connectivity index (χ3v) is 5.59. The van der Waals surface area contributed by atoms with Crippen LogP contribution in [0, 0.1) is 11.3 Å². The molecule has 0 aliphatic heterocycles. The Kier molecular flexibility index (Phi) is 10.4. The van der Waals surface area contributed by atoms with Gasteiger partial charge in [-0.3, -0.25) is 4.79 Å². The largest absolute Gasteiger partial charge is 0.469 e. The number of carbonyl (C=O) groups excluding carboxylic acids is 1. The standard InChI is InChI=1S/C22H40O2/c1-22(2,3)20-17-15-19(16-18-20)13-11-9-7-5-6-8-10-12-14-21(23)24-4/h15,20H,5-14,16-18H2,1-4H3. The fraction of sp³-hybridized carbons (Fsp3) is 0.864. The molecule has 0 aromatic rings. The van der Waals surface area contributed by atoms with Crippen molar-refractivity contribution in [2.45, 2.75) is 104 Å². The number of hydrogen-bond acceptors (Lipinski definition) is 2. The van der Waals surface area contributed by atoms with Crippen molar-refractivity contribution in [2.24, 2.45) is 11.3 Å². The van der Waals surface area contributed by atoms with Gasteiger partial charge >= 0.3 is 5.97 Å². The van der Waals surface area contributed by atoms with Gasteiger partial charge in [0.15, 0.2) is 0 Å². The molecule has 1 rings (SSSR count). The molecule has 0 N–H and O–H groups in total. The summed E-state index contributed by atoms with van der Waals surface area (Å²) in [6.45, 7) is 7.14. The average Bonchev–Trinajstić information content (AvgIpc) is 2.55. The summed E-state index contributed by atoms with van der Waals surface area (Å²) >= 11 is 0. The number of allylic oxidation sites excluding steroid dienone is 2. The van der Waals surface area contributed by atoms with Crippen LogP contribution >= 0.6 is 0 Å². The Morgan fingerprint density at radius 3 is 2.12 bits per heavy atom. The van der Waals surface area contributed by atoms with Crippen molar-refractivity contribution in [3.05, 3.63) is 11.6 Å². The first-order chi connectivity index (χ1) is 11.4. The van der Waals surface area contributed by atoms with E-state index in [0.717, 1.165) is 18.8 Å². The van der Waals surface area contributed by atoms with Crippen LogP contribution in [0.2, 0.25) is 0 Å². The molecule has 140 valence electrons. The van der Waals surface area contributed by atoms with Crippen LogP contribution in [0.5, 0.6) is 0 Å². The summed E-state index contributed by atoms with van der Waals surface area (Å²) in [5.74, 6) is 0.807. The van der Waals surface area contributed by atoms with E-state index in [1.165, 1.54) is 71.3 Å². The second-order valence-electron chi connectivity index (χ2n) is 8.60. The average molecular weight is 337 g/mol. The van der Waals surface area contributed by atoms with Crippen LogP contribution in [0.25, 0.3) is 0 Å². The fourth-order valence-corrected chi connectivity index (χ4v) is 3.69. The van der Waals surface area contributed by atoms with E-state index in [2.05, 4.69) is 31.6 Å². The Morgan fingerprint density at radius 1 is 1.04 bits per heavy atom. The number of rotatable bonds is 11. The molecule has 0 radical (unpaired) electrons. The zero-order valence-electron chi connectivity index (χ0n) is 16.7. The van der Waals surface area contributed by atoms with Crippen molar-refractivity contribution in [3.8, 4) is 0 Å².